The van der Waals surface area contributed by atoms with Gasteiger partial charge in [-0.3, -0.25) is 14.4 Å². The van der Waals surface area contributed by atoms with Gasteiger partial charge in [-0.25, -0.2) is 0 Å². The number of carbonyl (C=O) groups is 2. The highest BCUT2D eigenvalue weighted by Gasteiger charge is 2.17. The van der Waals surface area contributed by atoms with Crippen LogP contribution >= 0.6 is 11.6 Å². The first-order valence-corrected chi connectivity index (χ1v) is 7.61. The van der Waals surface area contributed by atoms with Crippen LogP contribution in [0.25, 0.3) is 0 Å². The van der Waals surface area contributed by atoms with Crippen molar-refractivity contribution in [1.82, 2.24) is 9.88 Å². The van der Waals surface area contributed by atoms with Crippen molar-refractivity contribution in [3.8, 4) is 0 Å². The van der Waals surface area contributed by atoms with E-state index in [2.05, 4.69) is 10.3 Å². The molecule has 0 saturated carbocycles. The standard InChI is InChI=1S/C17H18ClN3O3/c1-9-7-10(2)19-15(22)14(9)16(23)20-11-5-6-12(13(18)8-11)17(24)21(3)4/h5-8H,1-4H3,(H,19,22)(H,20,23). The molecule has 0 unspecified atom stereocenters. The summed E-state index contributed by atoms with van der Waals surface area (Å²) in [6.45, 7) is 3.44. The Labute approximate surface area is 144 Å². The summed E-state index contributed by atoms with van der Waals surface area (Å²) >= 11 is 6.11. The third-order valence-electron chi connectivity index (χ3n) is 3.46. The molecule has 1 aromatic carbocycles. The average molecular weight is 348 g/mol. The number of H-pyrrole nitrogens is 1. The Morgan fingerprint density at radius 1 is 1.17 bits per heavy atom. The van der Waals surface area contributed by atoms with Gasteiger partial charge in [0, 0.05) is 25.5 Å². The number of aromatic amines is 1. The fraction of sp³-hybridized carbons (Fsp3) is 0.235. The van der Waals surface area contributed by atoms with E-state index in [4.69, 9.17) is 11.6 Å². The maximum Gasteiger partial charge on any atom is 0.261 e. The summed E-state index contributed by atoms with van der Waals surface area (Å²) in [6.07, 6.45) is 0. The van der Waals surface area contributed by atoms with Gasteiger partial charge in [0.1, 0.15) is 5.56 Å². The van der Waals surface area contributed by atoms with Gasteiger partial charge in [-0.15, -0.1) is 0 Å². The minimum atomic E-state index is -0.531. The van der Waals surface area contributed by atoms with Crippen LogP contribution in [0.4, 0.5) is 5.69 Å². The number of pyridine rings is 1. The average Bonchev–Trinajstić information content (AvgIpc) is 2.45. The van der Waals surface area contributed by atoms with Crippen molar-refractivity contribution < 1.29 is 9.59 Å². The van der Waals surface area contributed by atoms with Crippen LogP contribution < -0.4 is 10.9 Å². The second-order valence-electron chi connectivity index (χ2n) is 5.69. The highest BCUT2D eigenvalue weighted by atomic mass is 35.5. The molecule has 0 atom stereocenters. The molecule has 6 nitrogen and oxygen atoms in total. The van der Waals surface area contributed by atoms with Gasteiger partial charge < -0.3 is 15.2 Å². The van der Waals surface area contributed by atoms with Crippen molar-refractivity contribution >= 4 is 29.1 Å². The number of anilines is 1. The van der Waals surface area contributed by atoms with Crippen LogP contribution in [0.3, 0.4) is 0 Å². The van der Waals surface area contributed by atoms with Crippen LogP contribution in [0.1, 0.15) is 32.0 Å². The zero-order valence-corrected chi connectivity index (χ0v) is 14.6. The van der Waals surface area contributed by atoms with E-state index in [1.165, 1.54) is 17.0 Å². The van der Waals surface area contributed by atoms with E-state index in [0.29, 0.717) is 22.5 Å². The molecule has 7 heteroatoms. The number of rotatable bonds is 3. The van der Waals surface area contributed by atoms with Crippen LogP contribution in [0.2, 0.25) is 5.02 Å². The van der Waals surface area contributed by atoms with Gasteiger partial charge in [0.15, 0.2) is 0 Å². The fourth-order valence-electron chi connectivity index (χ4n) is 2.34. The van der Waals surface area contributed by atoms with Gasteiger partial charge in [-0.2, -0.15) is 0 Å². The number of nitrogens with one attached hydrogen (secondary N) is 2. The summed E-state index contributed by atoms with van der Waals surface area (Å²) in [4.78, 5) is 40.3. The first-order valence-electron chi connectivity index (χ1n) is 7.23. The Morgan fingerprint density at radius 3 is 2.38 bits per heavy atom. The molecule has 0 spiro atoms. The molecule has 0 fully saturated rings. The second kappa shape index (κ2) is 6.88. The van der Waals surface area contributed by atoms with Gasteiger partial charge >= 0.3 is 0 Å². The monoisotopic (exact) mass is 347 g/mol. The second-order valence-corrected chi connectivity index (χ2v) is 6.10. The molecule has 2 aromatic rings. The topological polar surface area (TPSA) is 82.3 Å². The first kappa shape index (κ1) is 17.7. The molecular weight excluding hydrogens is 330 g/mol. The number of aromatic nitrogens is 1. The van der Waals surface area contributed by atoms with E-state index in [1.807, 2.05) is 0 Å². The number of amides is 2. The van der Waals surface area contributed by atoms with E-state index in [9.17, 15) is 14.4 Å². The summed E-state index contributed by atoms with van der Waals surface area (Å²) in [5, 5.41) is 2.85. The minimum Gasteiger partial charge on any atom is -0.345 e. The smallest absolute Gasteiger partial charge is 0.261 e. The molecule has 1 heterocycles. The Bertz CT molecular complexity index is 872. The highest BCUT2D eigenvalue weighted by Crippen LogP contribution is 2.22. The quantitative estimate of drug-likeness (QED) is 0.895. The normalized spacial score (nSPS) is 10.4. The lowest BCUT2D eigenvalue weighted by atomic mass is 10.1. The predicted octanol–water partition coefficient (Wildman–Crippen LogP) is 2.60. The van der Waals surface area contributed by atoms with Gasteiger partial charge in [-0.1, -0.05) is 11.6 Å². The van der Waals surface area contributed by atoms with Crippen molar-refractivity contribution in [2.45, 2.75) is 13.8 Å². The molecule has 0 aliphatic rings. The van der Waals surface area contributed by atoms with Crippen LogP contribution in [0.5, 0.6) is 0 Å². The van der Waals surface area contributed by atoms with Crippen molar-refractivity contribution in [2.75, 3.05) is 19.4 Å². The molecule has 0 aliphatic carbocycles. The summed E-state index contributed by atoms with van der Waals surface area (Å²) in [6, 6.07) is 6.31. The number of hydrogen-bond donors (Lipinski definition) is 2. The SMILES string of the molecule is Cc1cc(C)c(C(=O)Nc2ccc(C(=O)N(C)C)c(Cl)c2)c(=O)[nH]1. The molecule has 0 saturated heterocycles. The van der Waals surface area contributed by atoms with Gasteiger partial charge in [-0.05, 0) is 43.7 Å². The fourth-order valence-corrected chi connectivity index (χ4v) is 2.60. The third-order valence-corrected chi connectivity index (χ3v) is 3.77. The Kier molecular flexibility index (Phi) is 5.09. The zero-order valence-electron chi connectivity index (χ0n) is 13.9. The molecule has 0 bridgehead atoms. The van der Waals surface area contributed by atoms with Crippen LogP contribution in [0, 0.1) is 13.8 Å². The summed E-state index contributed by atoms with van der Waals surface area (Å²) in [5.41, 5.74) is 1.60. The number of benzene rings is 1. The molecular formula is C17H18ClN3O3. The minimum absolute atomic E-state index is 0.0465. The number of aryl methyl sites for hydroxylation is 2. The maximum atomic E-state index is 12.4. The third kappa shape index (κ3) is 3.65. The van der Waals surface area contributed by atoms with E-state index in [0.717, 1.165) is 0 Å². The van der Waals surface area contributed by atoms with E-state index >= 15 is 0 Å². The Balaban J connectivity index is 2.29. The molecule has 2 amide bonds. The Hall–Kier alpha value is -2.60. The molecule has 0 aliphatic heterocycles. The predicted molar refractivity (Wildman–Crippen MR) is 94.0 cm³/mol. The number of carbonyl (C=O) groups excluding carboxylic acids is 2. The highest BCUT2D eigenvalue weighted by molar-refractivity contribution is 6.34. The van der Waals surface area contributed by atoms with E-state index in [-0.39, 0.29) is 16.5 Å². The van der Waals surface area contributed by atoms with E-state index < -0.39 is 11.5 Å². The van der Waals surface area contributed by atoms with Crippen LogP contribution in [-0.4, -0.2) is 35.8 Å². The van der Waals surface area contributed by atoms with E-state index in [1.54, 1.807) is 40.1 Å². The molecule has 2 N–H and O–H groups in total. The summed E-state index contributed by atoms with van der Waals surface area (Å²) < 4.78 is 0. The summed E-state index contributed by atoms with van der Waals surface area (Å²) in [7, 11) is 3.25. The lowest BCUT2D eigenvalue weighted by Crippen LogP contribution is -2.25. The van der Waals surface area contributed by atoms with Gasteiger partial charge in [0.25, 0.3) is 17.4 Å². The molecule has 0 radical (unpaired) electrons. The molecule has 24 heavy (non-hydrogen) atoms. The number of hydrogen-bond acceptors (Lipinski definition) is 3. The zero-order chi connectivity index (χ0) is 18.0. The first-order chi connectivity index (χ1) is 11.2. The molecule has 126 valence electrons. The van der Waals surface area contributed by atoms with Crippen molar-refractivity contribution in [2.24, 2.45) is 0 Å². The number of halogens is 1. The summed E-state index contributed by atoms with van der Waals surface area (Å²) in [5.74, 6) is -0.764. The van der Waals surface area contributed by atoms with Crippen molar-refractivity contribution in [3.63, 3.8) is 0 Å². The molecule has 1 aromatic heterocycles. The lowest BCUT2D eigenvalue weighted by Gasteiger charge is -2.13. The van der Waals surface area contributed by atoms with Gasteiger partial charge in [0.05, 0.1) is 10.6 Å². The van der Waals surface area contributed by atoms with Crippen molar-refractivity contribution in [3.05, 3.63) is 62.0 Å². The molecule has 2 rings (SSSR count). The van der Waals surface area contributed by atoms with Crippen LogP contribution in [-0.2, 0) is 0 Å². The number of nitrogens with zero attached hydrogens (tertiary/aromatic N) is 1. The van der Waals surface area contributed by atoms with Gasteiger partial charge in [0.2, 0.25) is 0 Å². The van der Waals surface area contributed by atoms with Crippen LogP contribution in [0.15, 0.2) is 29.1 Å². The largest absolute Gasteiger partial charge is 0.345 e. The lowest BCUT2D eigenvalue weighted by molar-refractivity contribution is 0.0827. The Morgan fingerprint density at radius 2 is 1.83 bits per heavy atom. The van der Waals surface area contributed by atoms with Crippen molar-refractivity contribution in [1.29, 1.82) is 0 Å². The maximum absolute atomic E-state index is 12.4.